The Hall–Kier alpha value is -0.916. The first-order chi connectivity index (χ1) is 12.6. The molecule has 0 unspecified atom stereocenters. The van der Waals surface area contributed by atoms with E-state index in [1.165, 1.54) is 5.92 Å². The fourth-order valence-electron chi connectivity index (χ4n) is 0.918. The maximum Gasteiger partial charge on any atom is 0.307 e. The van der Waals surface area contributed by atoms with Crippen molar-refractivity contribution < 1.29 is 51.7 Å². The van der Waals surface area contributed by atoms with Crippen molar-refractivity contribution in [2.45, 2.75) is 87.0 Å². The van der Waals surface area contributed by atoms with Gasteiger partial charge in [0.25, 0.3) is 0 Å². The number of rotatable bonds is 3. The summed E-state index contributed by atoms with van der Waals surface area (Å²) in [5.41, 5.74) is 0.781. The van der Waals surface area contributed by atoms with Gasteiger partial charge in [0.15, 0.2) is 0 Å². The van der Waals surface area contributed by atoms with Gasteiger partial charge >= 0.3 is 5.97 Å². The third kappa shape index (κ3) is 74.9. The topological polar surface area (TPSA) is 107 Å². The Morgan fingerprint density at radius 3 is 1.28 bits per heavy atom. The number of methoxy groups -OCH3 is 1. The van der Waals surface area contributed by atoms with Crippen LogP contribution in [0, 0.1) is 5.92 Å². The first-order valence-corrected chi connectivity index (χ1v) is 9.31. The van der Waals surface area contributed by atoms with Gasteiger partial charge in [-0.3, -0.25) is 4.79 Å². The van der Waals surface area contributed by atoms with E-state index >= 15 is 0 Å². The van der Waals surface area contributed by atoms with Crippen molar-refractivity contribution in [2.75, 3.05) is 7.11 Å². The fourth-order valence-corrected chi connectivity index (χ4v) is 0.918. The molecule has 172 valence electrons. The average Bonchev–Trinajstić information content (AvgIpc) is 2.45. The average molecular weight is 451 g/mol. The molecule has 6 nitrogen and oxygen atoms in total. The predicted molar refractivity (Wildman–Crippen MR) is 117 cm³/mol. The molecule has 0 saturated carbocycles. The zero-order valence-electron chi connectivity index (χ0n) is 19.9. The van der Waals surface area contributed by atoms with E-state index in [0.717, 1.165) is 11.3 Å². The summed E-state index contributed by atoms with van der Waals surface area (Å²) in [5, 5.41) is 32.6. The van der Waals surface area contributed by atoms with Crippen LogP contribution in [-0.2, 0) is 32.9 Å². The minimum atomic E-state index is -0.819. The summed E-state index contributed by atoms with van der Waals surface area (Å²) in [6.07, 6.45) is -0.440. The Morgan fingerprint density at radius 1 is 0.862 bits per heavy atom. The molecule has 0 amide bonds. The van der Waals surface area contributed by atoms with Gasteiger partial charge in [-0.2, -0.15) is 20.8 Å². The van der Waals surface area contributed by atoms with E-state index in [4.69, 9.17) is 25.2 Å². The number of ether oxygens (including phenoxy) is 1. The number of carboxylic acid groups (broad SMARTS) is 1. The molecule has 0 atom stereocenters. The number of hydrogen-bond acceptors (Lipinski definition) is 5. The second-order valence-electron chi connectivity index (χ2n) is 7.20. The van der Waals surface area contributed by atoms with Crippen LogP contribution in [0.25, 0.3) is 0 Å². The summed E-state index contributed by atoms with van der Waals surface area (Å²) < 4.78 is 4.93. The van der Waals surface area contributed by atoms with Gasteiger partial charge in [-0.25, -0.2) is 0 Å². The molecule has 0 aromatic heterocycles. The quantitative estimate of drug-likeness (QED) is 0.407. The van der Waals surface area contributed by atoms with Crippen LogP contribution in [-0.4, -0.2) is 51.8 Å². The fraction of sp³-hybridized carbons (Fsp3) is 0.636. The number of aliphatic carboxylic acids is 1. The Balaban J connectivity index is -0.0000000949. The molecule has 0 bridgehead atoms. The van der Waals surface area contributed by atoms with Gasteiger partial charge in [0.05, 0.1) is 13.5 Å². The molecule has 0 aliphatic heterocycles. The summed E-state index contributed by atoms with van der Waals surface area (Å²) in [4.78, 5) is 10.3. The zero-order valence-corrected chi connectivity index (χ0v) is 21.4. The SMILES string of the molecule is CC(C)O.CC(C)O.CC(C)O.COc1ccc(CC(=O)O)cc1.C[C-](C)C.[Ti]. The first-order valence-electron chi connectivity index (χ1n) is 9.31. The molecule has 0 aliphatic carbocycles. The Labute approximate surface area is 193 Å². The van der Waals surface area contributed by atoms with E-state index in [2.05, 4.69) is 20.8 Å². The van der Waals surface area contributed by atoms with Crippen LogP contribution >= 0.6 is 0 Å². The standard InChI is InChI=1S/C9H10O3.C4H9.3C3H8O.Ti/c1-12-8-4-2-7(3-5-8)6-9(10)11;1-4(2)3;3*1-3(2)4;/h2-5H,6H2,1H3,(H,10,11);1-3H3;3*3-4H,1-2H3;/q;-1;;;;. The summed E-state index contributed by atoms with van der Waals surface area (Å²) in [7, 11) is 1.58. The number of carbonyl (C=O) groups is 1. The summed E-state index contributed by atoms with van der Waals surface area (Å²) in [5.74, 6) is 1.34. The first kappa shape index (κ1) is 38.7. The number of aliphatic hydroxyl groups is 3. The van der Waals surface area contributed by atoms with Crippen molar-refractivity contribution in [1.82, 2.24) is 0 Å². The summed E-state index contributed by atoms with van der Waals surface area (Å²) in [6, 6.07) is 6.98. The number of benzene rings is 1. The van der Waals surface area contributed by atoms with E-state index < -0.39 is 5.97 Å². The van der Waals surface area contributed by atoms with E-state index in [0.29, 0.717) is 0 Å². The van der Waals surface area contributed by atoms with Crippen molar-refractivity contribution in [3.05, 3.63) is 35.7 Å². The van der Waals surface area contributed by atoms with Crippen molar-refractivity contribution in [1.29, 1.82) is 0 Å². The van der Waals surface area contributed by atoms with Crippen molar-refractivity contribution in [3.63, 3.8) is 0 Å². The molecule has 0 heterocycles. The molecule has 4 N–H and O–H groups in total. The predicted octanol–water partition coefficient (Wildman–Crippen LogP) is 4.10. The number of carboxylic acids is 1. The molecule has 0 fully saturated rings. The molecular weight excluding hydrogens is 408 g/mol. The van der Waals surface area contributed by atoms with Crippen LogP contribution in [0.4, 0.5) is 0 Å². The van der Waals surface area contributed by atoms with Crippen LogP contribution in [0.1, 0.15) is 67.9 Å². The van der Waals surface area contributed by atoms with Crippen LogP contribution < -0.4 is 4.74 Å². The molecule has 1 aromatic carbocycles. The number of aliphatic hydroxyl groups excluding tert-OH is 3. The maximum absolute atomic E-state index is 10.3. The minimum absolute atomic E-state index is 0. The van der Waals surface area contributed by atoms with Gasteiger partial charge in [-0.1, -0.05) is 12.1 Å². The van der Waals surface area contributed by atoms with Gasteiger partial charge in [0, 0.05) is 40.0 Å². The second kappa shape index (κ2) is 27.1. The largest absolute Gasteiger partial charge is 0.497 e. The van der Waals surface area contributed by atoms with Crippen molar-refractivity contribution in [2.24, 2.45) is 0 Å². The Morgan fingerprint density at radius 2 is 1.10 bits per heavy atom. The Bertz CT molecular complexity index is 396. The van der Waals surface area contributed by atoms with E-state index in [1.54, 1.807) is 72.9 Å². The molecular formula is C22H43O6Ti-. The normalized spacial score (nSPS) is 8.86. The van der Waals surface area contributed by atoms with E-state index in [1.807, 2.05) is 0 Å². The summed E-state index contributed by atoms with van der Waals surface area (Å²) in [6.45, 7) is 16.6. The van der Waals surface area contributed by atoms with Gasteiger partial charge in [-0.05, 0) is 59.2 Å². The maximum atomic E-state index is 10.3. The molecule has 0 aliphatic rings. The van der Waals surface area contributed by atoms with Gasteiger partial charge in [0.1, 0.15) is 5.75 Å². The Kier molecular flexibility index (Phi) is 36.1. The van der Waals surface area contributed by atoms with Gasteiger partial charge < -0.3 is 31.1 Å². The third-order valence-electron chi connectivity index (χ3n) is 1.51. The molecule has 0 saturated heterocycles. The molecule has 0 radical (unpaired) electrons. The van der Waals surface area contributed by atoms with Crippen LogP contribution in [0.2, 0.25) is 0 Å². The third-order valence-corrected chi connectivity index (χ3v) is 1.51. The molecule has 7 heteroatoms. The van der Waals surface area contributed by atoms with Crippen molar-refractivity contribution in [3.8, 4) is 5.75 Å². The van der Waals surface area contributed by atoms with E-state index in [-0.39, 0.29) is 46.5 Å². The summed E-state index contributed by atoms with van der Waals surface area (Å²) >= 11 is 0. The minimum Gasteiger partial charge on any atom is -0.497 e. The molecule has 0 spiro atoms. The van der Waals surface area contributed by atoms with E-state index in [9.17, 15) is 4.79 Å². The second-order valence-corrected chi connectivity index (χ2v) is 7.20. The smallest absolute Gasteiger partial charge is 0.307 e. The van der Waals surface area contributed by atoms with Crippen LogP contribution in [0.3, 0.4) is 0 Å². The van der Waals surface area contributed by atoms with Crippen molar-refractivity contribution >= 4 is 5.97 Å². The molecule has 1 aromatic rings. The molecule has 1 rings (SSSR count). The zero-order chi connectivity index (χ0) is 23.3. The monoisotopic (exact) mass is 451 g/mol. The van der Waals surface area contributed by atoms with Gasteiger partial charge in [0.2, 0.25) is 0 Å². The molecule has 29 heavy (non-hydrogen) atoms. The van der Waals surface area contributed by atoms with Crippen LogP contribution in [0.5, 0.6) is 5.75 Å². The van der Waals surface area contributed by atoms with Gasteiger partial charge in [-0.15, -0.1) is 0 Å². The van der Waals surface area contributed by atoms with Crippen LogP contribution in [0.15, 0.2) is 24.3 Å². The number of hydrogen-bond donors (Lipinski definition) is 4.